The molecule has 7 heteroatoms. The number of carbonyl (C=O) groups is 1. The largest absolute Gasteiger partial charge is 0.497 e. The van der Waals surface area contributed by atoms with Crippen molar-refractivity contribution in [2.75, 3.05) is 26.7 Å². The van der Waals surface area contributed by atoms with Gasteiger partial charge in [-0.15, -0.1) is 0 Å². The number of nitrogens with zero attached hydrogens (tertiary/aromatic N) is 2. The first-order valence-electron chi connectivity index (χ1n) is 9.30. The third-order valence-corrected chi connectivity index (χ3v) is 5.39. The van der Waals surface area contributed by atoms with Crippen LogP contribution in [0.1, 0.15) is 11.1 Å². The van der Waals surface area contributed by atoms with Crippen LogP contribution < -0.4 is 4.74 Å². The number of ether oxygens (including phenoxy) is 2. The minimum Gasteiger partial charge on any atom is -0.497 e. The van der Waals surface area contributed by atoms with Gasteiger partial charge in [0.15, 0.2) is 11.6 Å². The normalized spacial score (nSPS) is 21.7. The first-order valence-corrected chi connectivity index (χ1v) is 9.30. The lowest BCUT2D eigenvalue weighted by molar-refractivity contribution is 0.120. The second kappa shape index (κ2) is 7.75. The van der Waals surface area contributed by atoms with E-state index in [0.717, 1.165) is 23.8 Å². The predicted molar refractivity (Wildman–Crippen MR) is 99.1 cm³/mol. The van der Waals surface area contributed by atoms with Crippen LogP contribution in [0.4, 0.5) is 13.6 Å². The molecular weight excluding hydrogens is 366 g/mol. The Kier molecular flexibility index (Phi) is 5.17. The molecule has 0 spiro atoms. The van der Waals surface area contributed by atoms with Gasteiger partial charge in [-0.3, -0.25) is 9.80 Å². The van der Waals surface area contributed by atoms with Crippen LogP contribution in [-0.2, 0) is 17.7 Å². The van der Waals surface area contributed by atoms with Gasteiger partial charge in [0.05, 0.1) is 13.2 Å². The molecule has 2 heterocycles. The number of carbonyl (C=O) groups excluding carboxylic acids is 1. The Morgan fingerprint density at radius 3 is 2.54 bits per heavy atom. The van der Waals surface area contributed by atoms with Crippen LogP contribution in [0, 0.1) is 11.6 Å². The molecule has 2 aromatic rings. The number of hydrogen-bond acceptors (Lipinski definition) is 4. The number of halogens is 2. The average molecular weight is 388 g/mol. The highest BCUT2D eigenvalue weighted by Crippen LogP contribution is 2.28. The summed E-state index contributed by atoms with van der Waals surface area (Å²) in [5.41, 5.74) is 1.82. The summed E-state index contributed by atoms with van der Waals surface area (Å²) in [6.45, 7) is 2.31. The fourth-order valence-electron chi connectivity index (χ4n) is 3.90. The summed E-state index contributed by atoms with van der Waals surface area (Å²) >= 11 is 0. The summed E-state index contributed by atoms with van der Waals surface area (Å²) in [7, 11) is 1.63. The van der Waals surface area contributed by atoms with Gasteiger partial charge >= 0.3 is 6.09 Å². The molecule has 148 valence electrons. The summed E-state index contributed by atoms with van der Waals surface area (Å²) in [6, 6.07) is 11.7. The van der Waals surface area contributed by atoms with Crippen LogP contribution in [0.25, 0.3) is 0 Å². The highest BCUT2D eigenvalue weighted by Gasteiger charge is 2.47. The first kappa shape index (κ1) is 18.7. The maximum atomic E-state index is 13.4. The average Bonchev–Trinajstić information content (AvgIpc) is 3.19. The van der Waals surface area contributed by atoms with Crippen LogP contribution in [0.15, 0.2) is 42.5 Å². The van der Waals surface area contributed by atoms with Crippen LogP contribution in [-0.4, -0.2) is 54.8 Å². The second-order valence-electron chi connectivity index (χ2n) is 7.22. The maximum Gasteiger partial charge on any atom is 0.410 e. The van der Waals surface area contributed by atoms with Crippen LogP contribution in [0.3, 0.4) is 0 Å². The van der Waals surface area contributed by atoms with Gasteiger partial charge in [0.1, 0.15) is 11.9 Å². The molecule has 28 heavy (non-hydrogen) atoms. The summed E-state index contributed by atoms with van der Waals surface area (Å²) in [4.78, 5) is 16.1. The molecule has 0 N–H and O–H groups in total. The summed E-state index contributed by atoms with van der Waals surface area (Å²) in [5, 5.41) is 0. The van der Waals surface area contributed by atoms with Crippen molar-refractivity contribution in [3.8, 4) is 5.75 Å². The van der Waals surface area contributed by atoms with E-state index in [2.05, 4.69) is 4.90 Å². The van der Waals surface area contributed by atoms with Crippen LogP contribution >= 0.6 is 0 Å². The monoisotopic (exact) mass is 388 g/mol. The number of methoxy groups -OCH3 is 1. The van der Waals surface area contributed by atoms with Crippen molar-refractivity contribution < 1.29 is 23.0 Å². The van der Waals surface area contributed by atoms with Gasteiger partial charge in [0, 0.05) is 26.2 Å². The standard InChI is InChI=1S/C21H22F2N2O3/c1-27-16-5-2-14(3-6-16)8-9-25-19-12-24(13-20(19)28-21(25)26)11-15-4-7-17(22)18(23)10-15/h2-7,10,19-20H,8-9,11-13H2,1H3/t19-,20+/m1/s1. The third-order valence-electron chi connectivity index (χ3n) is 5.39. The van der Waals surface area contributed by atoms with Crippen molar-refractivity contribution >= 4 is 6.09 Å². The molecule has 5 nitrogen and oxygen atoms in total. The van der Waals surface area contributed by atoms with Crippen molar-refractivity contribution in [2.24, 2.45) is 0 Å². The molecule has 2 atom stereocenters. The van der Waals surface area contributed by atoms with E-state index in [1.165, 1.54) is 6.07 Å². The minimum absolute atomic E-state index is 0.0176. The van der Waals surface area contributed by atoms with E-state index in [-0.39, 0.29) is 18.2 Å². The number of hydrogen-bond donors (Lipinski definition) is 0. The summed E-state index contributed by atoms with van der Waals surface area (Å²) < 4.78 is 37.2. The molecule has 0 aliphatic carbocycles. The fourth-order valence-corrected chi connectivity index (χ4v) is 3.90. The lowest BCUT2D eigenvalue weighted by Crippen LogP contribution is -2.39. The van der Waals surface area contributed by atoms with Gasteiger partial charge in [0.2, 0.25) is 0 Å². The van der Waals surface area contributed by atoms with Gasteiger partial charge in [-0.25, -0.2) is 13.6 Å². The van der Waals surface area contributed by atoms with Gasteiger partial charge in [0.25, 0.3) is 0 Å². The van der Waals surface area contributed by atoms with Crippen molar-refractivity contribution in [2.45, 2.75) is 25.1 Å². The van der Waals surface area contributed by atoms with Crippen LogP contribution in [0.2, 0.25) is 0 Å². The Bertz CT molecular complexity index is 859. The molecule has 0 aromatic heterocycles. The third kappa shape index (κ3) is 3.80. The van der Waals surface area contributed by atoms with E-state index >= 15 is 0 Å². The van der Waals surface area contributed by atoms with E-state index in [4.69, 9.17) is 9.47 Å². The lowest BCUT2D eigenvalue weighted by atomic mass is 10.1. The molecule has 2 aliphatic rings. The topological polar surface area (TPSA) is 42.0 Å². The van der Waals surface area contributed by atoms with Gasteiger partial charge in [-0.05, 0) is 41.8 Å². The maximum absolute atomic E-state index is 13.4. The number of benzene rings is 2. The molecule has 0 radical (unpaired) electrons. The van der Waals surface area contributed by atoms with Crippen molar-refractivity contribution in [1.29, 1.82) is 0 Å². The highest BCUT2D eigenvalue weighted by atomic mass is 19.2. The molecule has 1 amide bonds. The predicted octanol–water partition coefficient (Wildman–Crippen LogP) is 3.22. The summed E-state index contributed by atoms with van der Waals surface area (Å²) in [6.07, 6.45) is 0.260. The Morgan fingerprint density at radius 2 is 1.82 bits per heavy atom. The second-order valence-corrected chi connectivity index (χ2v) is 7.22. The van der Waals surface area contributed by atoms with Crippen molar-refractivity contribution in [1.82, 2.24) is 9.80 Å². The Labute approximate surface area is 162 Å². The van der Waals surface area contributed by atoms with E-state index < -0.39 is 11.6 Å². The zero-order valence-electron chi connectivity index (χ0n) is 15.6. The molecule has 2 aliphatic heterocycles. The molecule has 2 saturated heterocycles. The molecule has 0 unspecified atom stereocenters. The number of likely N-dealkylation sites (tertiary alicyclic amines) is 1. The zero-order chi connectivity index (χ0) is 19.7. The lowest BCUT2D eigenvalue weighted by Gasteiger charge is -2.22. The van der Waals surface area contributed by atoms with E-state index in [1.807, 2.05) is 24.3 Å². The Hall–Kier alpha value is -2.67. The first-order chi connectivity index (χ1) is 13.5. The number of rotatable bonds is 6. The Morgan fingerprint density at radius 1 is 1.07 bits per heavy atom. The minimum atomic E-state index is -0.847. The highest BCUT2D eigenvalue weighted by molar-refractivity contribution is 5.71. The Balaban J connectivity index is 1.36. The van der Waals surface area contributed by atoms with Gasteiger partial charge in [-0.1, -0.05) is 18.2 Å². The zero-order valence-corrected chi connectivity index (χ0v) is 15.6. The fraction of sp³-hybridized carbons (Fsp3) is 0.381. The molecule has 4 rings (SSSR count). The molecular formula is C21H22F2N2O3. The molecule has 2 fully saturated rings. The number of fused-ring (bicyclic) bond motifs is 1. The summed E-state index contributed by atoms with van der Waals surface area (Å²) in [5.74, 6) is -0.891. The van der Waals surface area contributed by atoms with E-state index in [0.29, 0.717) is 31.7 Å². The van der Waals surface area contributed by atoms with E-state index in [1.54, 1.807) is 18.1 Å². The molecule has 0 saturated carbocycles. The van der Waals surface area contributed by atoms with Crippen molar-refractivity contribution in [3.05, 3.63) is 65.2 Å². The molecule has 2 aromatic carbocycles. The number of amides is 1. The van der Waals surface area contributed by atoms with Crippen molar-refractivity contribution in [3.63, 3.8) is 0 Å². The van der Waals surface area contributed by atoms with Crippen LogP contribution in [0.5, 0.6) is 5.75 Å². The quantitative estimate of drug-likeness (QED) is 0.762. The SMILES string of the molecule is COc1ccc(CCN2C(=O)O[C@H]3CN(Cc4ccc(F)c(F)c4)C[C@H]32)cc1. The van der Waals surface area contributed by atoms with E-state index in [9.17, 15) is 13.6 Å². The smallest absolute Gasteiger partial charge is 0.410 e. The van der Waals surface area contributed by atoms with Gasteiger partial charge in [-0.2, -0.15) is 0 Å². The van der Waals surface area contributed by atoms with Gasteiger partial charge < -0.3 is 9.47 Å². The molecule has 0 bridgehead atoms.